The maximum Gasteiger partial charge on any atom is 0.338 e. The number of hydrogen-bond acceptors (Lipinski definition) is 6. The molecule has 6 nitrogen and oxygen atoms in total. The number of benzene rings is 3. The molecule has 1 unspecified atom stereocenters. The molecule has 0 saturated carbocycles. The SMILES string of the molecule is COC(=O)C(N)(Cc1ccccc1)C(=O)OCc1ccc(COc2ccc(F)cc2)cc1. The molecular formula is C25H24FNO5. The van der Waals surface area contributed by atoms with Gasteiger partial charge in [0.05, 0.1) is 7.11 Å². The molecule has 0 spiro atoms. The van der Waals surface area contributed by atoms with E-state index in [9.17, 15) is 14.0 Å². The molecule has 0 amide bonds. The molecule has 2 N–H and O–H groups in total. The van der Waals surface area contributed by atoms with Crippen LogP contribution in [0.15, 0.2) is 78.9 Å². The van der Waals surface area contributed by atoms with Crippen molar-refractivity contribution in [3.05, 3.63) is 101 Å². The van der Waals surface area contributed by atoms with E-state index < -0.39 is 17.5 Å². The van der Waals surface area contributed by atoms with E-state index in [-0.39, 0.29) is 18.8 Å². The average Bonchev–Trinajstić information content (AvgIpc) is 2.82. The first-order valence-electron chi connectivity index (χ1n) is 9.95. The zero-order chi connectivity index (χ0) is 23.0. The molecule has 3 aromatic rings. The van der Waals surface area contributed by atoms with E-state index >= 15 is 0 Å². The number of nitrogens with two attached hydrogens (primary N) is 1. The highest BCUT2D eigenvalue weighted by molar-refractivity contribution is 6.05. The highest BCUT2D eigenvalue weighted by atomic mass is 19.1. The van der Waals surface area contributed by atoms with Crippen molar-refractivity contribution in [1.82, 2.24) is 0 Å². The summed E-state index contributed by atoms with van der Waals surface area (Å²) in [7, 11) is 1.18. The van der Waals surface area contributed by atoms with Gasteiger partial charge < -0.3 is 19.9 Å². The van der Waals surface area contributed by atoms with Crippen molar-refractivity contribution in [2.24, 2.45) is 5.73 Å². The van der Waals surface area contributed by atoms with Gasteiger partial charge in [-0.3, -0.25) is 0 Å². The molecule has 7 heteroatoms. The van der Waals surface area contributed by atoms with Crippen molar-refractivity contribution in [1.29, 1.82) is 0 Å². The third-order valence-corrected chi connectivity index (χ3v) is 4.85. The Bertz CT molecular complexity index is 1040. The van der Waals surface area contributed by atoms with Gasteiger partial charge in [0.2, 0.25) is 5.54 Å². The Morgan fingerprint density at radius 3 is 2.00 bits per heavy atom. The predicted molar refractivity (Wildman–Crippen MR) is 116 cm³/mol. The zero-order valence-corrected chi connectivity index (χ0v) is 17.6. The lowest BCUT2D eigenvalue weighted by Crippen LogP contribution is -2.58. The Hall–Kier alpha value is -3.71. The molecule has 3 rings (SSSR count). The second-order valence-corrected chi connectivity index (χ2v) is 7.26. The van der Waals surface area contributed by atoms with Crippen LogP contribution in [-0.2, 0) is 38.7 Å². The number of methoxy groups -OCH3 is 1. The highest BCUT2D eigenvalue weighted by Gasteiger charge is 2.45. The van der Waals surface area contributed by atoms with Crippen molar-refractivity contribution in [2.75, 3.05) is 7.11 Å². The van der Waals surface area contributed by atoms with Crippen LogP contribution in [0.2, 0.25) is 0 Å². The summed E-state index contributed by atoms with van der Waals surface area (Å²) >= 11 is 0. The molecule has 32 heavy (non-hydrogen) atoms. The molecule has 166 valence electrons. The fraction of sp³-hybridized carbons (Fsp3) is 0.200. The second kappa shape index (κ2) is 10.5. The fourth-order valence-corrected chi connectivity index (χ4v) is 3.03. The Morgan fingerprint density at radius 2 is 1.41 bits per heavy atom. The summed E-state index contributed by atoms with van der Waals surface area (Å²) < 4.78 is 28.6. The van der Waals surface area contributed by atoms with E-state index in [0.29, 0.717) is 17.9 Å². The van der Waals surface area contributed by atoms with E-state index in [0.717, 1.165) is 11.1 Å². The fourth-order valence-electron chi connectivity index (χ4n) is 3.03. The third-order valence-electron chi connectivity index (χ3n) is 4.85. The number of hydrogen-bond donors (Lipinski definition) is 1. The molecule has 3 aromatic carbocycles. The summed E-state index contributed by atoms with van der Waals surface area (Å²) in [5.41, 5.74) is 6.50. The zero-order valence-electron chi connectivity index (χ0n) is 17.6. The van der Waals surface area contributed by atoms with Crippen LogP contribution in [0, 0.1) is 5.82 Å². The first kappa shape index (κ1) is 23.0. The van der Waals surface area contributed by atoms with E-state index in [1.807, 2.05) is 18.2 Å². The summed E-state index contributed by atoms with van der Waals surface area (Å²) in [5, 5.41) is 0. The van der Waals surface area contributed by atoms with E-state index in [1.54, 1.807) is 48.5 Å². The number of carbonyl (C=O) groups is 2. The highest BCUT2D eigenvalue weighted by Crippen LogP contribution is 2.17. The minimum atomic E-state index is -1.95. The molecule has 0 bridgehead atoms. The van der Waals surface area contributed by atoms with E-state index in [1.165, 1.54) is 19.2 Å². The summed E-state index contributed by atoms with van der Waals surface area (Å²) in [6.07, 6.45) is -0.0426. The minimum absolute atomic E-state index is 0.0426. The summed E-state index contributed by atoms with van der Waals surface area (Å²) in [5.74, 6) is -1.49. The molecule has 0 aromatic heterocycles. The van der Waals surface area contributed by atoms with Crippen molar-refractivity contribution < 1.29 is 28.2 Å². The maximum atomic E-state index is 12.9. The Labute approximate surface area is 185 Å². The van der Waals surface area contributed by atoms with Crippen molar-refractivity contribution >= 4 is 11.9 Å². The summed E-state index contributed by atoms with van der Waals surface area (Å²) in [6, 6.07) is 21.9. The summed E-state index contributed by atoms with van der Waals surface area (Å²) in [6.45, 7) is 0.250. The number of halogens is 1. The van der Waals surface area contributed by atoms with Gasteiger partial charge in [-0.25, -0.2) is 14.0 Å². The van der Waals surface area contributed by atoms with Crippen molar-refractivity contribution in [3.63, 3.8) is 0 Å². The average molecular weight is 437 g/mol. The molecule has 0 saturated heterocycles. The van der Waals surface area contributed by atoms with Crippen LogP contribution in [0.25, 0.3) is 0 Å². The maximum absolute atomic E-state index is 12.9. The standard InChI is InChI=1S/C25H24FNO5/c1-30-23(28)25(27,15-18-5-3-2-4-6-18)24(29)32-17-20-9-7-19(8-10-20)16-31-22-13-11-21(26)12-14-22/h2-14H,15-17,27H2,1H3. The van der Waals surface area contributed by atoms with Crippen LogP contribution in [0.5, 0.6) is 5.75 Å². The molecule has 0 aliphatic heterocycles. The number of rotatable bonds is 9. The van der Waals surface area contributed by atoms with Gasteiger partial charge in [0.1, 0.15) is 24.8 Å². The Kier molecular flexibility index (Phi) is 7.57. The lowest BCUT2D eigenvalue weighted by molar-refractivity contribution is -0.163. The van der Waals surface area contributed by atoms with E-state index in [4.69, 9.17) is 19.9 Å². The first-order valence-corrected chi connectivity index (χ1v) is 9.95. The Morgan fingerprint density at radius 1 is 0.812 bits per heavy atom. The number of carbonyl (C=O) groups excluding carboxylic acids is 2. The van der Waals surface area contributed by atoms with Gasteiger partial charge in [-0.15, -0.1) is 0 Å². The van der Waals surface area contributed by atoms with Gasteiger partial charge in [0, 0.05) is 6.42 Å². The lowest BCUT2D eigenvalue weighted by Gasteiger charge is -2.24. The lowest BCUT2D eigenvalue weighted by atomic mass is 9.92. The topological polar surface area (TPSA) is 87.9 Å². The van der Waals surface area contributed by atoms with Gasteiger partial charge >= 0.3 is 11.9 Å². The monoisotopic (exact) mass is 437 g/mol. The largest absolute Gasteiger partial charge is 0.489 e. The smallest absolute Gasteiger partial charge is 0.338 e. The number of ether oxygens (including phenoxy) is 3. The van der Waals surface area contributed by atoms with Gasteiger partial charge in [-0.05, 0) is 41.0 Å². The van der Waals surface area contributed by atoms with Gasteiger partial charge in [0.15, 0.2) is 0 Å². The van der Waals surface area contributed by atoms with Crippen LogP contribution >= 0.6 is 0 Å². The summed E-state index contributed by atoms with van der Waals surface area (Å²) in [4.78, 5) is 25.0. The van der Waals surface area contributed by atoms with Crippen LogP contribution in [0.1, 0.15) is 16.7 Å². The second-order valence-electron chi connectivity index (χ2n) is 7.26. The van der Waals surface area contributed by atoms with Crippen LogP contribution in [-0.4, -0.2) is 24.6 Å². The Balaban J connectivity index is 1.58. The minimum Gasteiger partial charge on any atom is -0.489 e. The van der Waals surface area contributed by atoms with Gasteiger partial charge in [0.25, 0.3) is 0 Å². The molecule has 0 radical (unpaired) electrons. The van der Waals surface area contributed by atoms with Gasteiger partial charge in [-0.2, -0.15) is 0 Å². The van der Waals surface area contributed by atoms with Crippen LogP contribution < -0.4 is 10.5 Å². The van der Waals surface area contributed by atoms with Crippen molar-refractivity contribution in [3.8, 4) is 5.75 Å². The predicted octanol–water partition coefficient (Wildman–Crippen LogP) is 3.56. The van der Waals surface area contributed by atoms with E-state index in [2.05, 4.69) is 0 Å². The molecular weight excluding hydrogens is 413 g/mol. The number of esters is 2. The molecule has 0 heterocycles. The quantitative estimate of drug-likeness (QED) is 0.407. The van der Waals surface area contributed by atoms with Gasteiger partial charge in [-0.1, -0.05) is 54.6 Å². The van der Waals surface area contributed by atoms with Crippen LogP contribution in [0.4, 0.5) is 4.39 Å². The van der Waals surface area contributed by atoms with Crippen molar-refractivity contribution in [2.45, 2.75) is 25.2 Å². The van der Waals surface area contributed by atoms with Crippen LogP contribution in [0.3, 0.4) is 0 Å². The molecule has 1 atom stereocenters. The molecule has 0 aliphatic rings. The third kappa shape index (κ3) is 5.92. The first-order chi connectivity index (χ1) is 15.4. The molecule has 0 fully saturated rings. The normalized spacial score (nSPS) is 12.5. The molecule has 0 aliphatic carbocycles.